The van der Waals surface area contributed by atoms with E-state index in [2.05, 4.69) is 16.0 Å². The van der Waals surface area contributed by atoms with Gasteiger partial charge in [-0.1, -0.05) is 30.3 Å². The fraction of sp³-hybridized carbons (Fsp3) is 0.130. The van der Waals surface area contributed by atoms with Gasteiger partial charge in [0.25, 0.3) is 5.91 Å². The summed E-state index contributed by atoms with van der Waals surface area (Å²) in [6.07, 6.45) is 0.742. The zero-order chi connectivity index (χ0) is 20.9. The second kappa shape index (κ2) is 9.00. The third kappa shape index (κ3) is 4.63. The molecule has 3 aromatic rings. The molecule has 1 unspecified atom stereocenters. The van der Waals surface area contributed by atoms with Crippen LogP contribution in [-0.4, -0.2) is 17.7 Å². The first kappa shape index (κ1) is 20.0. The molecule has 0 radical (unpaired) electrons. The number of nitrogens with one attached hydrogen (secondary N) is 3. The highest BCUT2D eigenvalue weighted by Gasteiger charge is 2.24. The molecule has 5 nitrogen and oxygen atoms in total. The summed E-state index contributed by atoms with van der Waals surface area (Å²) in [6, 6.07) is 20.1. The number of carbonyl (C=O) groups excluding carboxylic acids is 2. The molecule has 0 fully saturated rings. The van der Waals surface area contributed by atoms with Crippen LogP contribution in [0.2, 0.25) is 0 Å². The van der Waals surface area contributed by atoms with E-state index in [0.717, 1.165) is 17.7 Å². The lowest BCUT2D eigenvalue weighted by Crippen LogP contribution is -2.30. The summed E-state index contributed by atoms with van der Waals surface area (Å²) in [6.45, 7) is 0. The van der Waals surface area contributed by atoms with E-state index >= 15 is 0 Å². The maximum absolute atomic E-state index is 14.0. The molecule has 1 atom stereocenters. The Bertz CT molecular complexity index is 1060. The van der Waals surface area contributed by atoms with Gasteiger partial charge in [-0.25, -0.2) is 9.18 Å². The standard InChI is InChI=1S/C23H20FN3O2S/c24-19-8-4-7-18-20(13-14-30-21(18)19)27-22(28)15-9-11-17(12-10-15)26-23(29)25-16-5-2-1-3-6-16/h1-12,20H,13-14H2,(H,27,28)(H2,25,26,29). The van der Waals surface area contributed by atoms with Gasteiger partial charge in [-0.15, -0.1) is 11.8 Å². The van der Waals surface area contributed by atoms with Crippen LogP contribution in [0.3, 0.4) is 0 Å². The van der Waals surface area contributed by atoms with Crippen LogP contribution >= 0.6 is 11.8 Å². The maximum Gasteiger partial charge on any atom is 0.323 e. The fourth-order valence-electron chi connectivity index (χ4n) is 3.30. The number of thioether (sulfide) groups is 1. The Hall–Kier alpha value is -3.32. The highest BCUT2D eigenvalue weighted by Crippen LogP contribution is 2.37. The first-order chi connectivity index (χ1) is 14.6. The third-order valence-electron chi connectivity index (χ3n) is 4.77. The van der Waals surface area contributed by atoms with Crippen molar-refractivity contribution in [2.45, 2.75) is 17.4 Å². The summed E-state index contributed by atoms with van der Waals surface area (Å²) in [5.41, 5.74) is 2.55. The highest BCUT2D eigenvalue weighted by atomic mass is 32.2. The molecule has 152 valence electrons. The lowest BCUT2D eigenvalue weighted by atomic mass is 10.0. The average molecular weight is 421 g/mol. The molecule has 30 heavy (non-hydrogen) atoms. The van der Waals surface area contributed by atoms with Gasteiger partial charge < -0.3 is 16.0 Å². The number of benzene rings is 3. The third-order valence-corrected chi connectivity index (χ3v) is 5.93. The van der Waals surface area contributed by atoms with Gasteiger partial charge in [-0.2, -0.15) is 0 Å². The molecule has 0 aliphatic carbocycles. The van der Waals surface area contributed by atoms with Crippen molar-refractivity contribution in [2.24, 2.45) is 0 Å². The monoisotopic (exact) mass is 421 g/mol. The Balaban J connectivity index is 1.38. The van der Waals surface area contributed by atoms with Crippen molar-refractivity contribution < 1.29 is 14.0 Å². The summed E-state index contributed by atoms with van der Waals surface area (Å²) >= 11 is 1.48. The molecular weight excluding hydrogens is 401 g/mol. The van der Waals surface area contributed by atoms with Crippen LogP contribution in [0.1, 0.15) is 28.4 Å². The number of amides is 3. The van der Waals surface area contributed by atoms with Crippen molar-refractivity contribution in [1.29, 1.82) is 0 Å². The predicted molar refractivity (Wildman–Crippen MR) is 117 cm³/mol. The minimum Gasteiger partial charge on any atom is -0.345 e. The molecule has 7 heteroatoms. The van der Waals surface area contributed by atoms with Gasteiger partial charge >= 0.3 is 6.03 Å². The first-order valence-corrected chi connectivity index (χ1v) is 10.5. The van der Waals surface area contributed by atoms with E-state index in [0.29, 0.717) is 21.8 Å². The van der Waals surface area contributed by atoms with Crippen LogP contribution in [0.25, 0.3) is 0 Å². The van der Waals surface area contributed by atoms with Crippen LogP contribution in [0.15, 0.2) is 77.7 Å². The summed E-state index contributed by atoms with van der Waals surface area (Å²) in [4.78, 5) is 25.4. The molecule has 1 aliphatic rings. The van der Waals surface area contributed by atoms with Gasteiger partial charge in [0.15, 0.2) is 0 Å². The number of rotatable bonds is 4. The Labute approximate surface area is 178 Å². The first-order valence-electron chi connectivity index (χ1n) is 9.55. The number of halogens is 1. The van der Waals surface area contributed by atoms with Crippen LogP contribution in [-0.2, 0) is 0 Å². The number of urea groups is 1. The molecule has 0 spiro atoms. The summed E-state index contributed by atoms with van der Waals surface area (Å²) < 4.78 is 14.0. The zero-order valence-electron chi connectivity index (χ0n) is 16.0. The maximum atomic E-state index is 14.0. The van der Waals surface area contributed by atoms with Gasteiger partial charge in [0.2, 0.25) is 0 Å². The molecule has 0 bridgehead atoms. The van der Waals surface area contributed by atoms with E-state index in [9.17, 15) is 14.0 Å². The summed E-state index contributed by atoms with van der Waals surface area (Å²) in [7, 11) is 0. The van der Waals surface area contributed by atoms with E-state index in [-0.39, 0.29) is 23.8 Å². The van der Waals surface area contributed by atoms with Crippen molar-refractivity contribution in [1.82, 2.24) is 5.32 Å². The van der Waals surface area contributed by atoms with Crippen LogP contribution in [0, 0.1) is 5.82 Å². The van der Waals surface area contributed by atoms with Crippen molar-refractivity contribution in [3.63, 3.8) is 0 Å². The zero-order valence-corrected chi connectivity index (χ0v) is 16.8. The van der Waals surface area contributed by atoms with Crippen LogP contribution in [0.4, 0.5) is 20.6 Å². The van der Waals surface area contributed by atoms with E-state index < -0.39 is 0 Å². The Morgan fingerprint density at radius 3 is 2.30 bits per heavy atom. The fourth-order valence-corrected chi connectivity index (χ4v) is 4.44. The lowest BCUT2D eigenvalue weighted by Gasteiger charge is -2.26. The van der Waals surface area contributed by atoms with Gasteiger partial charge in [-0.3, -0.25) is 4.79 Å². The molecule has 3 aromatic carbocycles. The normalized spacial score (nSPS) is 15.0. The van der Waals surface area contributed by atoms with Crippen molar-refractivity contribution in [3.05, 3.63) is 89.7 Å². The number of carbonyl (C=O) groups is 2. The largest absolute Gasteiger partial charge is 0.345 e. The van der Waals surface area contributed by atoms with Gasteiger partial charge in [0.05, 0.1) is 6.04 Å². The Kier molecular flexibility index (Phi) is 5.99. The topological polar surface area (TPSA) is 70.2 Å². The van der Waals surface area contributed by atoms with Gasteiger partial charge in [0.1, 0.15) is 5.82 Å². The second-order valence-corrected chi connectivity index (χ2v) is 7.95. The molecule has 0 aromatic heterocycles. The van der Waals surface area contributed by atoms with Crippen molar-refractivity contribution in [3.8, 4) is 0 Å². The minimum absolute atomic E-state index is 0.223. The lowest BCUT2D eigenvalue weighted by molar-refractivity contribution is 0.0934. The Morgan fingerprint density at radius 2 is 1.57 bits per heavy atom. The van der Waals surface area contributed by atoms with Crippen molar-refractivity contribution in [2.75, 3.05) is 16.4 Å². The smallest absolute Gasteiger partial charge is 0.323 e. The molecule has 4 rings (SSSR count). The molecule has 3 amide bonds. The number of anilines is 2. The Morgan fingerprint density at radius 1 is 0.867 bits per heavy atom. The average Bonchev–Trinajstić information content (AvgIpc) is 2.75. The van der Waals surface area contributed by atoms with Crippen molar-refractivity contribution >= 4 is 35.1 Å². The molecule has 1 heterocycles. The molecule has 0 saturated heterocycles. The molecule has 3 N–H and O–H groups in total. The second-order valence-electron chi connectivity index (χ2n) is 6.84. The summed E-state index contributed by atoms with van der Waals surface area (Å²) in [5.74, 6) is 0.265. The SMILES string of the molecule is O=C(Nc1ccccc1)Nc1ccc(C(=O)NC2CCSc3c(F)cccc32)cc1. The van der Waals surface area contributed by atoms with Gasteiger partial charge in [0, 0.05) is 27.6 Å². The van der Waals surface area contributed by atoms with E-state index in [1.165, 1.54) is 17.8 Å². The summed E-state index contributed by atoms with van der Waals surface area (Å²) in [5, 5.41) is 8.46. The number of hydrogen-bond donors (Lipinski definition) is 3. The predicted octanol–water partition coefficient (Wildman–Crippen LogP) is 5.44. The number of fused-ring (bicyclic) bond motifs is 1. The van der Waals surface area contributed by atoms with Crippen LogP contribution < -0.4 is 16.0 Å². The van der Waals surface area contributed by atoms with Crippen LogP contribution in [0.5, 0.6) is 0 Å². The van der Waals surface area contributed by atoms with E-state index in [1.54, 1.807) is 42.5 Å². The highest BCUT2D eigenvalue weighted by molar-refractivity contribution is 7.99. The number of para-hydroxylation sites is 1. The minimum atomic E-state index is -0.364. The van der Waals surface area contributed by atoms with Gasteiger partial charge in [-0.05, 0) is 54.4 Å². The number of hydrogen-bond acceptors (Lipinski definition) is 3. The molecule has 0 saturated carbocycles. The molecule has 1 aliphatic heterocycles. The van der Waals surface area contributed by atoms with E-state index in [1.807, 2.05) is 24.3 Å². The quantitative estimate of drug-likeness (QED) is 0.526. The van der Waals surface area contributed by atoms with E-state index in [4.69, 9.17) is 0 Å². The molecular formula is C23H20FN3O2S.